The Kier molecular flexibility index (Phi) is 3.27. The van der Waals surface area contributed by atoms with Gasteiger partial charge in [0.15, 0.2) is 0 Å². The summed E-state index contributed by atoms with van der Waals surface area (Å²) in [7, 11) is 0. The maximum Gasteiger partial charge on any atom is 0.321 e. The molecule has 1 heterocycles. The molecule has 0 spiro atoms. The molecular weight excluding hydrogens is 216 g/mol. The Morgan fingerprint density at radius 2 is 1.82 bits per heavy atom. The highest BCUT2D eigenvalue weighted by molar-refractivity contribution is 5.92. The molecule has 0 saturated carbocycles. The molecule has 90 valence electrons. The van der Waals surface area contributed by atoms with E-state index in [2.05, 4.69) is 18.6 Å². The van der Waals surface area contributed by atoms with Crippen molar-refractivity contribution in [3.8, 4) is 0 Å². The standard InChI is InChI=1S/C14H16O3/c1-9(2)10-3-5-11(6-4-10)12-7-8-13(15)17-14(12)16/h3-6,9,12H,7-8H2,1-2H3/t12-/m0/s1. The fraction of sp³-hybridized carbons (Fsp3) is 0.429. The van der Waals surface area contributed by atoms with Crippen molar-refractivity contribution in [3.05, 3.63) is 35.4 Å². The molecule has 0 amide bonds. The van der Waals surface area contributed by atoms with Gasteiger partial charge in [-0.1, -0.05) is 38.1 Å². The second-order valence-electron chi connectivity index (χ2n) is 4.71. The third-order valence-corrected chi connectivity index (χ3v) is 3.14. The second-order valence-corrected chi connectivity index (χ2v) is 4.71. The van der Waals surface area contributed by atoms with Gasteiger partial charge in [-0.05, 0) is 23.5 Å². The molecule has 0 aliphatic carbocycles. The Morgan fingerprint density at radius 3 is 2.35 bits per heavy atom. The van der Waals surface area contributed by atoms with Crippen LogP contribution in [0.3, 0.4) is 0 Å². The lowest BCUT2D eigenvalue weighted by molar-refractivity contribution is -0.164. The van der Waals surface area contributed by atoms with Crippen LogP contribution in [-0.4, -0.2) is 11.9 Å². The van der Waals surface area contributed by atoms with Crippen molar-refractivity contribution in [2.45, 2.75) is 38.5 Å². The molecule has 1 fully saturated rings. The van der Waals surface area contributed by atoms with Crippen LogP contribution in [0.5, 0.6) is 0 Å². The fourth-order valence-corrected chi connectivity index (χ4v) is 2.03. The van der Waals surface area contributed by atoms with Gasteiger partial charge in [-0.15, -0.1) is 0 Å². The molecule has 17 heavy (non-hydrogen) atoms. The van der Waals surface area contributed by atoms with Crippen LogP contribution in [0.1, 0.15) is 49.7 Å². The first kappa shape index (κ1) is 11.8. The molecular formula is C14H16O3. The van der Waals surface area contributed by atoms with Crippen molar-refractivity contribution in [1.29, 1.82) is 0 Å². The van der Waals surface area contributed by atoms with Gasteiger partial charge in [-0.3, -0.25) is 9.59 Å². The van der Waals surface area contributed by atoms with Crippen molar-refractivity contribution >= 4 is 11.9 Å². The van der Waals surface area contributed by atoms with Crippen LogP contribution < -0.4 is 0 Å². The van der Waals surface area contributed by atoms with E-state index in [1.54, 1.807) is 0 Å². The van der Waals surface area contributed by atoms with Crippen molar-refractivity contribution in [1.82, 2.24) is 0 Å². The number of cyclic esters (lactones) is 2. The van der Waals surface area contributed by atoms with Crippen molar-refractivity contribution in [3.63, 3.8) is 0 Å². The summed E-state index contributed by atoms with van der Waals surface area (Å²) in [5, 5.41) is 0. The Hall–Kier alpha value is -1.64. The van der Waals surface area contributed by atoms with Gasteiger partial charge in [0.1, 0.15) is 0 Å². The van der Waals surface area contributed by atoms with E-state index >= 15 is 0 Å². The predicted molar refractivity (Wildman–Crippen MR) is 63.6 cm³/mol. The zero-order valence-electron chi connectivity index (χ0n) is 10.1. The number of carbonyl (C=O) groups excluding carboxylic acids is 2. The third-order valence-electron chi connectivity index (χ3n) is 3.14. The highest BCUT2D eigenvalue weighted by atomic mass is 16.6. The highest BCUT2D eigenvalue weighted by Gasteiger charge is 2.30. The molecule has 0 unspecified atom stereocenters. The van der Waals surface area contributed by atoms with Gasteiger partial charge in [0.05, 0.1) is 5.92 Å². The third kappa shape index (κ3) is 2.54. The lowest BCUT2D eigenvalue weighted by Gasteiger charge is -2.20. The average molecular weight is 232 g/mol. The Balaban J connectivity index is 2.17. The zero-order chi connectivity index (χ0) is 12.4. The summed E-state index contributed by atoms with van der Waals surface area (Å²) in [6.07, 6.45) is 0.876. The van der Waals surface area contributed by atoms with E-state index in [0.29, 0.717) is 18.8 Å². The van der Waals surface area contributed by atoms with Gasteiger partial charge >= 0.3 is 11.9 Å². The summed E-state index contributed by atoms with van der Waals surface area (Å²) < 4.78 is 4.65. The minimum atomic E-state index is -0.418. The second kappa shape index (κ2) is 4.70. The first-order chi connectivity index (χ1) is 8.08. The number of esters is 2. The van der Waals surface area contributed by atoms with E-state index in [4.69, 9.17) is 0 Å². The molecule has 0 radical (unpaired) electrons. The van der Waals surface area contributed by atoms with Gasteiger partial charge in [-0.2, -0.15) is 0 Å². The smallest absolute Gasteiger partial charge is 0.321 e. The van der Waals surface area contributed by atoms with Gasteiger partial charge in [-0.25, -0.2) is 0 Å². The van der Waals surface area contributed by atoms with Crippen LogP contribution in [0, 0.1) is 0 Å². The lowest BCUT2D eigenvalue weighted by atomic mass is 9.91. The van der Waals surface area contributed by atoms with Crippen LogP contribution in [0.4, 0.5) is 0 Å². The molecule has 1 aliphatic heterocycles. The largest absolute Gasteiger partial charge is 0.393 e. The van der Waals surface area contributed by atoms with Crippen LogP contribution in [0.2, 0.25) is 0 Å². The van der Waals surface area contributed by atoms with E-state index < -0.39 is 11.9 Å². The molecule has 1 atom stereocenters. The van der Waals surface area contributed by atoms with E-state index in [0.717, 1.165) is 5.56 Å². The number of rotatable bonds is 2. The van der Waals surface area contributed by atoms with Crippen LogP contribution in [-0.2, 0) is 14.3 Å². The van der Waals surface area contributed by atoms with E-state index in [1.165, 1.54) is 5.56 Å². The maximum atomic E-state index is 11.6. The molecule has 1 saturated heterocycles. The van der Waals surface area contributed by atoms with Crippen molar-refractivity contribution < 1.29 is 14.3 Å². The minimum Gasteiger partial charge on any atom is -0.393 e. The Morgan fingerprint density at radius 1 is 1.18 bits per heavy atom. The predicted octanol–water partition coefficient (Wildman–Crippen LogP) is 2.76. The van der Waals surface area contributed by atoms with Crippen LogP contribution in [0.25, 0.3) is 0 Å². The molecule has 3 heteroatoms. The van der Waals surface area contributed by atoms with Gasteiger partial charge in [0.25, 0.3) is 0 Å². The fourth-order valence-electron chi connectivity index (χ4n) is 2.03. The number of ether oxygens (including phenoxy) is 1. The molecule has 0 bridgehead atoms. The molecule has 1 aromatic carbocycles. The minimum absolute atomic E-state index is 0.283. The quantitative estimate of drug-likeness (QED) is 0.581. The molecule has 2 rings (SSSR count). The number of benzene rings is 1. The molecule has 1 aromatic rings. The average Bonchev–Trinajstić information content (AvgIpc) is 2.29. The first-order valence-corrected chi connectivity index (χ1v) is 5.92. The van der Waals surface area contributed by atoms with E-state index in [9.17, 15) is 9.59 Å². The molecule has 0 N–H and O–H groups in total. The van der Waals surface area contributed by atoms with Crippen LogP contribution >= 0.6 is 0 Å². The van der Waals surface area contributed by atoms with Gasteiger partial charge in [0, 0.05) is 6.42 Å². The Labute approximate surface area is 101 Å². The van der Waals surface area contributed by atoms with Crippen LogP contribution in [0.15, 0.2) is 24.3 Å². The summed E-state index contributed by atoms with van der Waals surface area (Å²) in [4.78, 5) is 22.5. The SMILES string of the molecule is CC(C)c1ccc([C@@H]2CCC(=O)OC2=O)cc1. The first-order valence-electron chi connectivity index (χ1n) is 5.92. The zero-order valence-corrected chi connectivity index (χ0v) is 10.1. The molecule has 3 nitrogen and oxygen atoms in total. The van der Waals surface area contributed by atoms with Crippen molar-refractivity contribution in [2.75, 3.05) is 0 Å². The summed E-state index contributed by atoms with van der Waals surface area (Å²) in [6.45, 7) is 4.26. The number of hydrogen-bond acceptors (Lipinski definition) is 3. The Bertz CT molecular complexity index is 431. The molecule has 0 aromatic heterocycles. The topological polar surface area (TPSA) is 43.4 Å². The summed E-state index contributed by atoms with van der Waals surface area (Å²) in [6, 6.07) is 7.97. The summed E-state index contributed by atoms with van der Waals surface area (Å²) >= 11 is 0. The number of hydrogen-bond donors (Lipinski definition) is 0. The summed E-state index contributed by atoms with van der Waals surface area (Å²) in [5.41, 5.74) is 2.18. The number of carbonyl (C=O) groups is 2. The van der Waals surface area contributed by atoms with E-state index in [-0.39, 0.29) is 5.92 Å². The van der Waals surface area contributed by atoms with Gasteiger partial charge < -0.3 is 4.74 Å². The maximum absolute atomic E-state index is 11.6. The summed E-state index contributed by atoms with van der Waals surface area (Å²) in [5.74, 6) is -0.638. The van der Waals surface area contributed by atoms with Crippen molar-refractivity contribution in [2.24, 2.45) is 0 Å². The van der Waals surface area contributed by atoms with Gasteiger partial charge in [0.2, 0.25) is 0 Å². The molecule has 1 aliphatic rings. The van der Waals surface area contributed by atoms with E-state index in [1.807, 2.05) is 24.3 Å². The lowest BCUT2D eigenvalue weighted by Crippen LogP contribution is -2.26. The normalized spacial score (nSPS) is 20.5. The highest BCUT2D eigenvalue weighted by Crippen LogP contribution is 2.28. The monoisotopic (exact) mass is 232 g/mol.